The summed E-state index contributed by atoms with van der Waals surface area (Å²) in [5.74, 6) is 1.55. The second-order valence-electron chi connectivity index (χ2n) is 7.30. The van der Waals surface area contributed by atoms with Crippen LogP contribution in [0.1, 0.15) is 50.7 Å². The normalized spacial score (nSPS) is 21.8. The Morgan fingerprint density at radius 3 is 2.27 bits per heavy atom. The van der Waals surface area contributed by atoms with Crippen LogP contribution in [0.15, 0.2) is 17.1 Å². The summed E-state index contributed by atoms with van der Waals surface area (Å²) >= 11 is 0. The van der Waals surface area contributed by atoms with Crippen LogP contribution < -0.4 is 9.47 Å². The summed E-state index contributed by atoms with van der Waals surface area (Å²) in [4.78, 5) is 15.1. The van der Waals surface area contributed by atoms with Crippen LogP contribution >= 0.6 is 0 Å². The fourth-order valence-corrected chi connectivity index (χ4v) is 3.47. The minimum absolute atomic E-state index is 0.0148. The van der Waals surface area contributed by atoms with Crippen molar-refractivity contribution in [1.29, 1.82) is 0 Å². The predicted octanol–water partition coefficient (Wildman–Crippen LogP) is 3.90. The molecule has 4 nitrogen and oxygen atoms in total. The van der Waals surface area contributed by atoms with E-state index in [-0.39, 0.29) is 5.41 Å². The third-order valence-corrected chi connectivity index (χ3v) is 4.72. The van der Waals surface area contributed by atoms with Gasteiger partial charge in [0.2, 0.25) is 6.08 Å². The molecule has 0 radical (unpaired) electrons. The van der Waals surface area contributed by atoms with E-state index in [9.17, 15) is 4.79 Å². The molecule has 1 fully saturated rings. The highest BCUT2D eigenvalue weighted by Crippen LogP contribution is 2.46. The number of nitrogens with zero attached hydrogens (tertiary/aromatic N) is 1. The summed E-state index contributed by atoms with van der Waals surface area (Å²) in [7, 11) is 0. The van der Waals surface area contributed by atoms with Gasteiger partial charge in [-0.2, -0.15) is 4.99 Å². The zero-order valence-corrected chi connectivity index (χ0v) is 13.6. The van der Waals surface area contributed by atoms with Gasteiger partial charge in [0, 0.05) is 5.41 Å². The number of benzene rings is 1. The number of isocyanates is 1. The molecule has 22 heavy (non-hydrogen) atoms. The van der Waals surface area contributed by atoms with Crippen LogP contribution in [0.5, 0.6) is 11.5 Å². The van der Waals surface area contributed by atoms with Crippen molar-refractivity contribution in [3.63, 3.8) is 0 Å². The number of hydrogen-bond donors (Lipinski definition) is 0. The lowest BCUT2D eigenvalue weighted by Crippen LogP contribution is -2.26. The maximum atomic E-state index is 10.9. The van der Waals surface area contributed by atoms with Gasteiger partial charge in [-0.15, -0.1) is 0 Å². The highest BCUT2D eigenvalue weighted by molar-refractivity contribution is 5.51. The Morgan fingerprint density at radius 1 is 1.09 bits per heavy atom. The molecule has 1 aromatic rings. The van der Waals surface area contributed by atoms with Crippen LogP contribution in [-0.2, 0) is 10.3 Å². The monoisotopic (exact) mass is 301 g/mol. The summed E-state index contributed by atoms with van der Waals surface area (Å²) in [5.41, 5.74) is 1.74. The second kappa shape index (κ2) is 5.44. The van der Waals surface area contributed by atoms with E-state index in [1.54, 1.807) is 6.08 Å². The van der Waals surface area contributed by atoms with E-state index in [2.05, 4.69) is 25.8 Å². The molecular weight excluding hydrogens is 278 g/mol. The largest absolute Gasteiger partial charge is 0.489 e. The first-order valence-electron chi connectivity index (χ1n) is 7.96. The van der Waals surface area contributed by atoms with Gasteiger partial charge in [0.1, 0.15) is 0 Å². The van der Waals surface area contributed by atoms with Gasteiger partial charge >= 0.3 is 0 Å². The van der Waals surface area contributed by atoms with E-state index in [0.29, 0.717) is 13.2 Å². The average molecular weight is 301 g/mol. The first-order chi connectivity index (χ1) is 10.5. The molecule has 1 aromatic carbocycles. The van der Waals surface area contributed by atoms with Crippen molar-refractivity contribution in [1.82, 2.24) is 0 Å². The lowest BCUT2D eigenvalue weighted by atomic mass is 9.85. The minimum atomic E-state index is -0.425. The molecule has 0 saturated heterocycles. The van der Waals surface area contributed by atoms with Gasteiger partial charge < -0.3 is 9.47 Å². The van der Waals surface area contributed by atoms with Crippen molar-refractivity contribution in [2.75, 3.05) is 13.2 Å². The van der Waals surface area contributed by atoms with E-state index < -0.39 is 5.54 Å². The van der Waals surface area contributed by atoms with E-state index in [0.717, 1.165) is 48.3 Å². The lowest BCUT2D eigenvalue weighted by Gasteiger charge is -2.26. The Kier molecular flexibility index (Phi) is 3.73. The zero-order valence-electron chi connectivity index (χ0n) is 13.6. The van der Waals surface area contributed by atoms with Gasteiger partial charge in [0.15, 0.2) is 11.5 Å². The maximum absolute atomic E-state index is 10.9. The molecule has 3 rings (SSSR count). The van der Waals surface area contributed by atoms with E-state index in [1.807, 2.05) is 12.1 Å². The van der Waals surface area contributed by atoms with Crippen molar-refractivity contribution >= 4 is 6.08 Å². The number of fused-ring (bicyclic) bond motifs is 1. The molecule has 0 atom stereocenters. The molecule has 2 aliphatic rings. The summed E-state index contributed by atoms with van der Waals surface area (Å²) in [6, 6.07) is 4.05. The van der Waals surface area contributed by atoms with Gasteiger partial charge in [0.05, 0.1) is 18.8 Å². The van der Waals surface area contributed by atoms with Gasteiger partial charge in [-0.1, -0.05) is 26.7 Å². The quantitative estimate of drug-likeness (QED) is 0.615. The highest BCUT2D eigenvalue weighted by atomic mass is 16.5. The molecule has 0 bridgehead atoms. The molecule has 1 saturated carbocycles. The first kappa shape index (κ1) is 15.1. The Morgan fingerprint density at radius 2 is 1.68 bits per heavy atom. The predicted molar refractivity (Wildman–Crippen MR) is 84.2 cm³/mol. The Bertz CT molecular complexity index is 623. The first-order valence-corrected chi connectivity index (χ1v) is 7.96. The van der Waals surface area contributed by atoms with Crippen LogP contribution in [0.25, 0.3) is 0 Å². The third kappa shape index (κ3) is 2.64. The molecule has 118 valence electrons. The Labute approximate surface area is 131 Å². The summed E-state index contributed by atoms with van der Waals surface area (Å²) < 4.78 is 11.9. The number of hydrogen-bond acceptors (Lipinski definition) is 4. The highest BCUT2D eigenvalue weighted by Gasteiger charge is 2.38. The number of aliphatic imine (C=N–C) groups is 1. The fraction of sp³-hybridized carbons (Fsp3) is 0.611. The summed E-state index contributed by atoms with van der Waals surface area (Å²) in [5, 5.41) is 0. The molecule has 0 N–H and O–H groups in total. The molecule has 0 spiro atoms. The second-order valence-corrected chi connectivity index (χ2v) is 7.30. The molecule has 0 unspecified atom stereocenters. The molecule has 1 heterocycles. The molecule has 0 aromatic heterocycles. The maximum Gasteiger partial charge on any atom is 0.235 e. The molecule has 1 aliphatic heterocycles. The van der Waals surface area contributed by atoms with Crippen LogP contribution in [0.4, 0.5) is 0 Å². The van der Waals surface area contributed by atoms with Crippen LogP contribution in [0, 0.1) is 12.3 Å². The third-order valence-electron chi connectivity index (χ3n) is 4.72. The number of rotatable bonds is 2. The van der Waals surface area contributed by atoms with Crippen molar-refractivity contribution in [3.05, 3.63) is 23.3 Å². The molecular formula is C18H23NO3. The number of ether oxygens (including phenoxy) is 2. The van der Waals surface area contributed by atoms with E-state index in [1.165, 1.54) is 0 Å². The van der Waals surface area contributed by atoms with Gasteiger partial charge in [-0.25, -0.2) is 4.79 Å². The van der Waals surface area contributed by atoms with E-state index in [4.69, 9.17) is 9.47 Å². The lowest BCUT2D eigenvalue weighted by molar-refractivity contribution is 0.140. The summed E-state index contributed by atoms with van der Waals surface area (Å²) in [6.07, 6.45) is 5.76. The minimum Gasteiger partial charge on any atom is -0.489 e. The van der Waals surface area contributed by atoms with Crippen molar-refractivity contribution in [3.8, 4) is 11.5 Å². The molecule has 0 amide bonds. The summed E-state index contributed by atoms with van der Waals surface area (Å²) in [6.45, 7) is 7.56. The van der Waals surface area contributed by atoms with Gasteiger partial charge in [-0.05, 0) is 43.0 Å². The Hall–Kier alpha value is -1.80. The fourth-order valence-electron chi connectivity index (χ4n) is 3.47. The standard InChI is InChI=1S/C18H23NO3/c1-13-8-15-16(22-11-17(2,3)10-21-15)9-14(13)18(19-12-20)6-4-5-7-18/h8-9H,4-7,10-11H2,1-3H3. The molecule has 1 aliphatic carbocycles. The van der Waals surface area contributed by atoms with Crippen LogP contribution in [-0.4, -0.2) is 19.3 Å². The van der Waals surface area contributed by atoms with Gasteiger partial charge in [-0.3, -0.25) is 0 Å². The average Bonchev–Trinajstić information content (AvgIpc) is 2.88. The molecule has 4 heteroatoms. The van der Waals surface area contributed by atoms with Crippen LogP contribution in [0.3, 0.4) is 0 Å². The Balaban J connectivity index is 2.04. The van der Waals surface area contributed by atoms with Crippen molar-refractivity contribution in [2.24, 2.45) is 10.4 Å². The van der Waals surface area contributed by atoms with Crippen molar-refractivity contribution < 1.29 is 14.3 Å². The SMILES string of the molecule is Cc1cc2c(cc1C1(N=C=O)CCCC1)OCC(C)(C)CO2. The topological polar surface area (TPSA) is 47.9 Å². The smallest absolute Gasteiger partial charge is 0.235 e. The van der Waals surface area contributed by atoms with Crippen molar-refractivity contribution in [2.45, 2.75) is 52.0 Å². The zero-order chi connectivity index (χ0) is 15.8. The van der Waals surface area contributed by atoms with Gasteiger partial charge in [0.25, 0.3) is 0 Å². The van der Waals surface area contributed by atoms with E-state index >= 15 is 0 Å². The van der Waals surface area contributed by atoms with Crippen LogP contribution in [0.2, 0.25) is 0 Å². The number of carbonyl (C=O) groups excluding carboxylic acids is 1. The number of aryl methyl sites for hydroxylation is 1.